The zero-order valence-corrected chi connectivity index (χ0v) is 24.0. The van der Waals surface area contributed by atoms with Crippen LogP contribution < -0.4 is 0 Å². The fourth-order valence-corrected chi connectivity index (χ4v) is 1.27. The van der Waals surface area contributed by atoms with E-state index in [2.05, 4.69) is 55.4 Å². The molecule has 180 valence electrons. The minimum atomic E-state index is 0.500. The summed E-state index contributed by atoms with van der Waals surface area (Å²) in [6.07, 6.45) is 7.50. The van der Waals surface area contributed by atoms with E-state index in [0.717, 1.165) is 0 Å². The van der Waals surface area contributed by atoms with Crippen LogP contribution in [-0.2, 0) is 0 Å². The van der Waals surface area contributed by atoms with Gasteiger partial charge in [-0.25, -0.2) is 0 Å². The van der Waals surface area contributed by atoms with Gasteiger partial charge in [0.05, 0.1) is 0 Å². The molecule has 0 bridgehead atoms. The van der Waals surface area contributed by atoms with E-state index in [1.54, 1.807) is 0 Å². The molecule has 0 heteroatoms. The fourth-order valence-electron chi connectivity index (χ4n) is 1.27. The fraction of sp³-hybridized carbons (Fsp3) is 0.793. The van der Waals surface area contributed by atoms with Gasteiger partial charge in [-0.1, -0.05) is 179 Å². The minimum absolute atomic E-state index is 0.500. The molecule has 0 atom stereocenters. The number of hydrogen-bond acceptors (Lipinski definition) is 0. The monoisotopic (exact) mass is 413 g/mol. The summed E-state index contributed by atoms with van der Waals surface area (Å²) in [7, 11) is 0. The lowest BCUT2D eigenvalue weighted by Gasteiger charge is -2.05. The van der Waals surface area contributed by atoms with Crippen molar-refractivity contribution in [1.82, 2.24) is 0 Å². The van der Waals surface area contributed by atoms with Gasteiger partial charge in [0.15, 0.2) is 0 Å². The molecule has 1 aromatic carbocycles. The first-order chi connectivity index (χ1) is 13.5. The molecular formula is C29H64. The third-order valence-electron chi connectivity index (χ3n) is 1.92. The Balaban J connectivity index is -0.0000000547. The van der Waals surface area contributed by atoms with E-state index >= 15 is 0 Å². The van der Waals surface area contributed by atoms with Crippen LogP contribution >= 0.6 is 0 Å². The highest BCUT2D eigenvalue weighted by molar-refractivity contribution is 4.99. The lowest BCUT2D eigenvalue weighted by molar-refractivity contribution is 0.469. The van der Waals surface area contributed by atoms with Crippen molar-refractivity contribution in [3.8, 4) is 0 Å². The third kappa shape index (κ3) is 166. The quantitative estimate of drug-likeness (QED) is 0.397. The third-order valence-corrected chi connectivity index (χ3v) is 1.92. The first-order valence-corrected chi connectivity index (χ1v) is 12.5. The average molecular weight is 413 g/mol. The highest BCUT2D eigenvalue weighted by Gasteiger charge is 1.96. The van der Waals surface area contributed by atoms with E-state index in [4.69, 9.17) is 0 Å². The summed E-state index contributed by atoms with van der Waals surface area (Å²) < 4.78 is 0. The number of rotatable bonds is 0. The van der Waals surface area contributed by atoms with Crippen molar-refractivity contribution in [3.63, 3.8) is 0 Å². The second kappa shape index (κ2) is 37.9. The molecule has 1 aliphatic rings. The molecule has 0 saturated heterocycles. The zero-order chi connectivity index (χ0) is 24.8. The molecule has 0 heterocycles. The van der Waals surface area contributed by atoms with Crippen LogP contribution in [0.2, 0.25) is 0 Å². The van der Waals surface area contributed by atoms with Gasteiger partial charge < -0.3 is 0 Å². The molecule has 2 rings (SSSR count). The highest BCUT2D eigenvalue weighted by Crippen LogP contribution is 2.15. The lowest BCUT2D eigenvalue weighted by atomic mass is 10.0. The lowest BCUT2D eigenvalue weighted by Crippen LogP contribution is -1.93. The van der Waals surface area contributed by atoms with Crippen LogP contribution in [0.15, 0.2) is 36.4 Å². The van der Waals surface area contributed by atoms with E-state index in [0.29, 0.717) is 10.8 Å². The van der Waals surface area contributed by atoms with Gasteiger partial charge in [-0.2, -0.15) is 0 Å². The highest BCUT2D eigenvalue weighted by atomic mass is 14.0. The first kappa shape index (κ1) is 42.3. The summed E-state index contributed by atoms with van der Waals surface area (Å²) in [6, 6.07) is 12.0. The predicted octanol–water partition coefficient (Wildman–Crippen LogP) is 11.8. The Morgan fingerprint density at radius 2 is 0.379 bits per heavy atom. The maximum atomic E-state index is 2.19. The van der Waals surface area contributed by atoms with Crippen LogP contribution in [0.4, 0.5) is 0 Å². The zero-order valence-electron chi connectivity index (χ0n) is 24.0. The van der Waals surface area contributed by atoms with Crippen molar-refractivity contribution in [2.24, 2.45) is 10.8 Å². The molecule has 0 N–H and O–H groups in total. The Labute approximate surface area is 190 Å². The van der Waals surface area contributed by atoms with Crippen molar-refractivity contribution >= 4 is 0 Å². The van der Waals surface area contributed by atoms with Gasteiger partial charge in [-0.05, 0) is 10.8 Å². The summed E-state index contributed by atoms with van der Waals surface area (Å²) >= 11 is 0. The number of benzene rings is 1. The van der Waals surface area contributed by atoms with E-state index < -0.39 is 0 Å². The van der Waals surface area contributed by atoms with Gasteiger partial charge in [0.25, 0.3) is 0 Å². The molecule has 1 saturated carbocycles. The maximum absolute atomic E-state index is 2.19. The largest absolute Gasteiger partial charge is 0.0683 e. The van der Waals surface area contributed by atoms with E-state index in [1.807, 2.05) is 91.8 Å². The molecule has 0 unspecified atom stereocenters. The van der Waals surface area contributed by atoms with Crippen LogP contribution in [0.5, 0.6) is 0 Å². The molecule has 29 heavy (non-hydrogen) atoms. The number of hydrogen-bond donors (Lipinski definition) is 0. The maximum Gasteiger partial charge on any atom is -0.0411 e. The van der Waals surface area contributed by atoms with Crippen LogP contribution in [0.1, 0.15) is 143 Å². The molecule has 1 aliphatic carbocycles. The van der Waals surface area contributed by atoms with Crippen LogP contribution in [-0.4, -0.2) is 0 Å². The van der Waals surface area contributed by atoms with Gasteiger partial charge in [-0.15, -0.1) is 0 Å². The van der Waals surface area contributed by atoms with Gasteiger partial charge in [0, 0.05) is 0 Å². The summed E-state index contributed by atoms with van der Waals surface area (Å²) in [6.45, 7) is 33.5. The van der Waals surface area contributed by atoms with Crippen molar-refractivity contribution < 1.29 is 0 Å². The van der Waals surface area contributed by atoms with Gasteiger partial charge >= 0.3 is 0 Å². The molecule has 0 aromatic heterocycles. The van der Waals surface area contributed by atoms with Crippen molar-refractivity contribution in [3.05, 3.63) is 36.4 Å². The van der Waals surface area contributed by atoms with Gasteiger partial charge in [0.1, 0.15) is 0 Å². The average Bonchev–Trinajstić information content (AvgIpc) is 3.27. The van der Waals surface area contributed by atoms with Crippen molar-refractivity contribution in [2.75, 3.05) is 0 Å². The van der Waals surface area contributed by atoms with E-state index in [9.17, 15) is 0 Å². The predicted molar refractivity (Wildman–Crippen MR) is 145 cm³/mol. The Morgan fingerprint density at radius 3 is 0.448 bits per heavy atom. The van der Waals surface area contributed by atoms with Crippen molar-refractivity contribution in [2.45, 2.75) is 143 Å². The minimum Gasteiger partial charge on any atom is -0.0683 e. The second-order valence-corrected chi connectivity index (χ2v) is 8.92. The topological polar surface area (TPSA) is 0 Å². The molecule has 0 nitrogen and oxygen atoms in total. The first-order valence-electron chi connectivity index (χ1n) is 12.5. The summed E-state index contributed by atoms with van der Waals surface area (Å²) in [5.74, 6) is 0. The Hall–Kier alpha value is -0.780. The van der Waals surface area contributed by atoms with Crippen molar-refractivity contribution in [1.29, 1.82) is 0 Å². The Bertz CT molecular complexity index is 222. The molecule has 0 amide bonds. The van der Waals surface area contributed by atoms with Gasteiger partial charge in [-0.3, -0.25) is 0 Å². The standard InChI is InChI=1S/C6H6.C5H10.2C5H12.4C2H6/c1-2-4-6-5-3-1;1-2-4-5-3-1;2*1-5(2,3)4;4*1-2/h1-6H;1-5H2;2*1-4H3;4*1-2H3. The summed E-state index contributed by atoms with van der Waals surface area (Å²) in [5, 5.41) is 0. The van der Waals surface area contributed by atoms with E-state index in [-0.39, 0.29) is 0 Å². The molecule has 0 aliphatic heterocycles. The van der Waals surface area contributed by atoms with E-state index in [1.165, 1.54) is 32.1 Å². The van der Waals surface area contributed by atoms with Crippen LogP contribution in [0, 0.1) is 10.8 Å². The summed E-state index contributed by atoms with van der Waals surface area (Å²) in [4.78, 5) is 0. The molecular weight excluding hydrogens is 348 g/mol. The SMILES string of the molecule is C1CCCC1.CC.CC.CC.CC.CC(C)(C)C.CC(C)(C)C.c1ccccc1. The van der Waals surface area contributed by atoms with Crippen LogP contribution in [0.3, 0.4) is 0 Å². The molecule has 1 aromatic rings. The normalized spacial score (nSPS) is 10.8. The Kier molecular flexibility index (Phi) is 55.3. The van der Waals surface area contributed by atoms with Crippen LogP contribution in [0.25, 0.3) is 0 Å². The second-order valence-electron chi connectivity index (χ2n) is 8.92. The summed E-state index contributed by atoms with van der Waals surface area (Å²) in [5.41, 5.74) is 1.00. The van der Waals surface area contributed by atoms with Gasteiger partial charge in [0.2, 0.25) is 0 Å². The Morgan fingerprint density at radius 1 is 0.310 bits per heavy atom. The molecule has 0 radical (unpaired) electrons. The molecule has 1 fully saturated rings. The smallest absolute Gasteiger partial charge is 0.0411 e. The molecule has 0 spiro atoms.